The van der Waals surface area contributed by atoms with Crippen molar-refractivity contribution < 1.29 is 12.8 Å². The van der Waals surface area contributed by atoms with Crippen molar-refractivity contribution in [2.75, 3.05) is 13.6 Å². The lowest BCUT2D eigenvalue weighted by Crippen LogP contribution is -2.16. The first-order valence-electron chi connectivity index (χ1n) is 10.7. The van der Waals surface area contributed by atoms with Gasteiger partial charge in [0.1, 0.15) is 27.6 Å². The Kier molecular flexibility index (Phi) is 13.3. The minimum atomic E-state index is -1.14. The third-order valence-electron chi connectivity index (χ3n) is 3.93. The van der Waals surface area contributed by atoms with Gasteiger partial charge in [0.15, 0.2) is 0 Å². The molecule has 8 heteroatoms. The average molecular weight is 476 g/mol. The molecule has 4 rings (SSSR count). The van der Waals surface area contributed by atoms with Gasteiger partial charge in [0, 0.05) is 29.7 Å². The third kappa shape index (κ3) is 7.94. The zero-order valence-corrected chi connectivity index (χ0v) is 21.2. The summed E-state index contributed by atoms with van der Waals surface area (Å²) in [5.41, 5.74) is 0.765. The molecule has 0 aliphatic carbocycles. The van der Waals surface area contributed by atoms with E-state index >= 15 is 0 Å². The molecule has 174 valence electrons. The van der Waals surface area contributed by atoms with Crippen molar-refractivity contribution in [3.05, 3.63) is 67.2 Å². The zero-order valence-electron chi connectivity index (χ0n) is 19.5. The second-order valence-electron chi connectivity index (χ2n) is 5.74. The molecule has 6 nitrogen and oxygen atoms in total. The minimum absolute atomic E-state index is 0.692. The van der Waals surface area contributed by atoms with E-state index in [4.69, 9.17) is 4.42 Å². The Morgan fingerprint density at radius 2 is 1.50 bits per heavy atom. The van der Waals surface area contributed by atoms with Crippen LogP contribution in [0.2, 0.25) is 0 Å². The summed E-state index contributed by atoms with van der Waals surface area (Å²) in [5.74, 6) is 0. The Bertz CT molecular complexity index is 1130. The fourth-order valence-electron chi connectivity index (χ4n) is 2.56. The smallest absolute Gasteiger partial charge is 0.135 e. The Morgan fingerprint density at radius 3 is 2.16 bits per heavy atom. The number of pyridine rings is 1. The predicted molar refractivity (Wildman–Crippen MR) is 136 cm³/mol. The highest BCUT2D eigenvalue weighted by Crippen LogP contribution is 2.18. The molecule has 4 aromatic rings. The highest BCUT2D eigenvalue weighted by molar-refractivity contribution is 7.83. The zero-order chi connectivity index (χ0) is 23.9. The highest BCUT2D eigenvalue weighted by atomic mass is 32.2. The average Bonchev–Trinajstić information content (AvgIpc) is 3.34. The molecule has 2 unspecified atom stereocenters. The fourth-order valence-corrected chi connectivity index (χ4v) is 4.06. The largest absolute Gasteiger partial charge is 0.464 e. The lowest BCUT2D eigenvalue weighted by Gasteiger charge is -2.03. The van der Waals surface area contributed by atoms with E-state index in [1.54, 1.807) is 31.8 Å². The highest BCUT2D eigenvalue weighted by Gasteiger charge is 2.04. The van der Waals surface area contributed by atoms with Gasteiger partial charge in [-0.3, -0.25) is 4.98 Å². The van der Waals surface area contributed by atoms with Gasteiger partial charge in [-0.1, -0.05) is 40.7 Å². The first-order chi connectivity index (χ1) is 15.6. The van der Waals surface area contributed by atoms with Gasteiger partial charge in [0.05, 0.1) is 16.1 Å². The molecular weight excluding hydrogens is 442 g/mol. The van der Waals surface area contributed by atoms with Crippen molar-refractivity contribution in [2.24, 2.45) is 0 Å². The third-order valence-corrected chi connectivity index (χ3v) is 6.21. The van der Waals surface area contributed by atoms with Crippen molar-refractivity contribution in [1.29, 1.82) is 0 Å². The van der Waals surface area contributed by atoms with E-state index in [2.05, 4.69) is 14.4 Å². The maximum Gasteiger partial charge on any atom is 0.135 e. The number of nitrogens with zero attached hydrogens (tertiary/aromatic N) is 1. The molecule has 2 heterocycles. The summed E-state index contributed by atoms with van der Waals surface area (Å²) in [4.78, 5) is 5.56. The molecular formula is C24H33N3O3S2. The first-order valence-corrected chi connectivity index (χ1v) is 13.0. The van der Waals surface area contributed by atoms with Gasteiger partial charge in [0.2, 0.25) is 0 Å². The van der Waals surface area contributed by atoms with Crippen molar-refractivity contribution in [3.8, 4) is 0 Å². The number of furan rings is 1. The molecule has 32 heavy (non-hydrogen) atoms. The van der Waals surface area contributed by atoms with Gasteiger partial charge in [-0.25, -0.2) is 17.9 Å². The normalized spacial score (nSPS) is 11.8. The Hall–Kier alpha value is -2.39. The van der Waals surface area contributed by atoms with Gasteiger partial charge in [-0.05, 0) is 54.9 Å². The second kappa shape index (κ2) is 15.4. The van der Waals surface area contributed by atoms with Crippen molar-refractivity contribution >= 4 is 43.7 Å². The second-order valence-corrected chi connectivity index (χ2v) is 8.46. The van der Waals surface area contributed by atoms with E-state index in [1.807, 2.05) is 77.1 Å². The predicted octanol–water partition coefficient (Wildman–Crippen LogP) is 5.59. The first kappa shape index (κ1) is 27.6. The summed E-state index contributed by atoms with van der Waals surface area (Å²) in [7, 11) is -0.603. The van der Waals surface area contributed by atoms with Gasteiger partial charge in [-0.2, -0.15) is 0 Å². The molecule has 0 saturated carbocycles. The van der Waals surface area contributed by atoms with Crippen molar-refractivity contribution in [1.82, 2.24) is 14.4 Å². The molecule has 0 aliphatic rings. The summed E-state index contributed by atoms with van der Waals surface area (Å²) < 4.78 is 33.7. The molecule has 0 spiro atoms. The van der Waals surface area contributed by atoms with Crippen LogP contribution in [0.15, 0.2) is 81.4 Å². The van der Waals surface area contributed by atoms with Crippen LogP contribution in [0.4, 0.5) is 0 Å². The van der Waals surface area contributed by atoms with Gasteiger partial charge in [-0.15, -0.1) is 0 Å². The minimum Gasteiger partial charge on any atom is -0.464 e. The van der Waals surface area contributed by atoms with Crippen LogP contribution in [0.5, 0.6) is 0 Å². The Labute approximate surface area is 196 Å². The van der Waals surface area contributed by atoms with E-state index < -0.39 is 22.0 Å². The lowest BCUT2D eigenvalue weighted by molar-refractivity contribution is 0.614. The summed E-state index contributed by atoms with van der Waals surface area (Å²) in [6.45, 7) is 10.6. The Balaban J connectivity index is 0.000000279. The van der Waals surface area contributed by atoms with Gasteiger partial charge >= 0.3 is 0 Å². The topological polar surface area (TPSA) is 84.2 Å². The van der Waals surface area contributed by atoms with E-state index in [1.165, 1.54) is 0 Å². The van der Waals surface area contributed by atoms with Crippen LogP contribution in [0.25, 0.3) is 21.7 Å². The SMILES string of the molecule is CC.CC.CCNS(=O)c1ccc2ccncc2c1.CNS(=O)c1ccc2ccoc2c1. The summed E-state index contributed by atoms with van der Waals surface area (Å²) in [5, 5.41) is 3.15. The van der Waals surface area contributed by atoms with Gasteiger partial charge < -0.3 is 4.42 Å². The van der Waals surface area contributed by atoms with E-state index in [9.17, 15) is 8.42 Å². The van der Waals surface area contributed by atoms with Crippen molar-refractivity contribution in [3.63, 3.8) is 0 Å². The van der Waals surface area contributed by atoms with Crippen LogP contribution in [0.3, 0.4) is 0 Å². The molecule has 0 bridgehead atoms. The maximum absolute atomic E-state index is 11.7. The number of hydrogen-bond acceptors (Lipinski definition) is 4. The molecule has 0 radical (unpaired) electrons. The number of fused-ring (bicyclic) bond motifs is 2. The molecule has 2 atom stereocenters. The number of hydrogen-bond donors (Lipinski definition) is 2. The fraction of sp³-hybridized carbons (Fsp3) is 0.292. The summed E-state index contributed by atoms with van der Waals surface area (Å²) in [6, 6.07) is 15.1. The standard InChI is InChI=1S/C11H12N2OS.C9H9NO2S.2C2H6/c1-2-13-15(14)11-4-3-9-5-6-12-8-10(9)7-11;1-10-13(11)8-3-2-7-4-5-12-9(7)6-8;2*1-2/h3-8,13H,2H2,1H3;2-6,10H,1H3;2*1-2H3. The van der Waals surface area contributed by atoms with Gasteiger partial charge in [0.25, 0.3) is 0 Å². The maximum atomic E-state index is 11.7. The molecule has 0 saturated heterocycles. The molecule has 0 aliphatic heterocycles. The molecule has 0 amide bonds. The Morgan fingerprint density at radius 1 is 0.844 bits per heavy atom. The van der Waals surface area contributed by atoms with Crippen LogP contribution in [-0.4, -0.2) is 27.0 Å². The van der Waals surface area contributed by atoms with Crippen LogP contribution < -0.4 is 9.44 Å². The molecule has 2 aromatic carbocycles. The number of aromatic nitrogens is 1. The van der Waals surface area contributed by atoms with E-state index in [0.29, 0.717) is 6.54 Å². The monoisotopic (exact) mass is 475 g/mol. The number of benzene rings is 2. The van der Waals surface area contributed by atoms with E-state index in [0.717, 1.165) is 31.5 Å². The number of nitrogens with one attached hydrogen (secondary N) is 2. The lowest BCUT2D eigenvalue weighted by atomic mass is 10.2. The quantitative estimate of drug-likeness (QED) is 0.394. The number of rotatable bonds is 5. The molecule has 2 N–H and O–H groups in total. The van der Waals surface area contributed by atoms with Crippen LogP contribution >= 0.6 is 0 Å². The van der Waals surface area contributed by atoms with Crippen LogP contribution in [-0.2, 0) is 22.0 Å². The molecule has 0 fully saturated rings. The summed E-state index contributed by atoms with van der Waals surface area (Å²) in [6.07, 6.45) is 5.15. The van der Waals surface area contributed by atoms with Crippen molar-refractivity contribution in [2.45, 2.75) is 44.4 Å². The van der Waals surface area contributed by atoms with Crippen LogP contribution in [0.1, 0.15) is 34.6 Å². The van der Waals surface area contributed by atoms with Crippen LogP contribution in [0, 0.1) is 0 Å². The summed E-state index contributed by atoms with van der Waals surface area (Å²) >= 11 is 0. The molecule has 2 aromatic heterocycles. The van der Waals surface area contributed by atoms with E-state index in [-0.39, 0.29) is 0 Å².